The van der Waals surface area contributed by atoms with Crippen LogP contribution >= 0.6 is 7.60 Å². The molecule has 0 saturated carbocycles. The average Bonchev–Trinajstić information content (AvgIpc) is 1.81. The van der Waals surface area contributed by atoms with Gasteiger partial charge in [0.15, 0.2) is 0 Å². The summed E-state index contributed by atoms with van der Waals surface area (Å²) in [5.41, 5.74) is 0. The molecule has 4 N–H and O–H groups in total. The number of aliphatic hydroxyl groups excluding tert-OH is 1. The Morgan fingerprint density at radius 3 is 2.21 bits per heavy atom. The zero-order valence-electron chi connectivity index (χ0n) is 6.99. The molecule has 80 valence electrons. The van der Waals surface area contributed by atoms with E-state index in [0.29, 0.717) is 0 Å². The van der Waals surface area contributed by atoms with E-state index in [4.69, 9.17) is 20.1 Å². The molecule has 9 heteroatoms. The van der Waals surface area contributed by atoms with Crippen LogP contribution < -0.4 is 0 Å². The summed E-state index contributed by atoms with van der Waals surface area (Å²) in [5, 5.41) is 17.9. The molecule has 0 rings (SSSR count). The van der Waals surface area contributed by atoms with E-state index in [1.807, 2.05) is 0 Å². The number of hydrogen-bond donors (Lipinski definition) is 4. The van der Waals surface area contributed by atoms with Gasteiger partial charge in [-0.3, -0.25) is 14.6 Å². The summed E-state index contributed by atoms with van der Waals surface area (Å²) in [4.78, 5) is 27.2. The number of aliphatic hydroxyl groups is 1. The summed E-state index contributed by atoms with van der Waals surface area (Å²) >= 11 is 0. The fourth-order valence-corrected chi connectivity index (χ4v) is 1.32. The van der Waals surface area contributed by atoms with Crippen molar-refractivity contribution < 1.29 is 29.5 Å². The number of nitrogens with zero attached hydrogens (tertiary/aromatic N) is 1. The predicted octanol–water partition coefficient (Wildman–Crippen LogP) is -1.89. The van der Waals surface area contributed by atoms with Gasteiger partial charge in [-0.25, -0.2) is 5.06 Å². The van der Waals surface area contributed by atoms with Crippen molar-refractivity contribution in [3.8, 4) is 0 Å². The monoisotopic (exact) mass is 237 g/mol. The van der Waals surface area contributed by atoms with Crippen molar-refractivity contribution in [3.05, 3.63) is 0 Å². The second-order valence-electron chi connectivity index (χ2n) is 2.60. The Bertz CT molecular complexity index is 230. The molecule has 0 aliphatic heterocycles. The van der Waals surface area contributed by atoms with E-state index in [0.717, 1.165) is 6.92 Å². The van der Waals surface area contributed by atoms with Crippen LogP contribution in [0.4, 0.5) is 0 Å². The molecule has 1 unspecified atom stereocenters. The zero-order valence-corrected chi connectivity index (χ0v) is 7.89. The molecule has 0 aromatic rings. The predicted molar refractivity (Wildman–Crippen MR) is 49.2 cm³/mol. The second kappa shape index (κ2) is 6.92. The van der Waals surface area contributed by atoms with Gasteiger partial charge >= 0.3 is 37.2 Å². The number of rotatable bonds is 4. The summed E-state index contributed by atoms with van der Waals surface area (Å²) in [7, 11) is -4.31. The van der Waals surface area contributed by atoms with Crippen LogP contribution in [0.15, 0.2) is 0 Å². The summed E-state index contributed by atoms with van der Waals surface area (Å²) in [6.45, 7) is 0.546. The summed E-state index contributed by atoms with van der Waals surface area (Å²) < 4.78 is 10.3. The summed E-state index contributed by atoms with van der Waals surface area (Å²) in [5.74, 6) is -0.704. The maximum atomic E-state index is 10.4. The van der Waals surface area contributed by atoms with Crippen LogP contribution in [-0.2, 0) is 9.36 Å². The van der Waals surface area contributed by atoms with Crippen LogP contribution in [0.2, 0.25) is 0 Å². The van der Waals surface area contributed by atoms with Crippen molar-refractivity contribution in [3.63, 3.8) is 0 Å². The van der Waals surface area contributed by atoms with E-state index in [2.05, 4.69) is 0 Å². The van der Waals surface area contributed by atoms with E-state index in [1.54, 1.807) is 0 Å². The fraction of sp³-hybridized carbons (Fsp3) is 0.800. The van der Waals surface area contributed by atoms with Gasteiger partial charge in [-0.15, -0.1) is 0 Å². The normalized spacial score (nSPS) is 12.9. The Labute approximate surface area is 103 Å². The minimum absolute atomic E-state index is 0. The topological polar surface area (TPSA) is 118 Å². The number of hydroxylamine groups is 2. The van der Waals surface area contributed by atoms with Gasteiger partial charge in [0, 0.05) is 6.92 Å². The van der Waals surface area contributed by atoms with Gasteiger partial charge in [-0.2, -0.15) is 0 Å². The van der Waals surface area contributed by atoms with E-state index < -0.39 is 32.3 Å². The molecule has 0 aromatic heterocycles. The van der Waals surface area contributed by atoms with E-state index in [1.165, 1.54) is 0 Å². The number of hydrogen-bond acceptors (Lipinski definition) is 4. The third-order valence-corrected chi connectivity index (χ3v) is 2.09. The molecule has 0 aliphatic rings. The number of carbonyl (C=O) groups excluding carboxylic acids is 1. The van der Waals surface area contributed by atoms with Gasteiger partial charge in [0.1, 0.15) is 0 Å². The Kier molecular flexibility index (Phi) is 8.38. The number of amides is 1. The molecular weight excluding hydrogens is 224 g/mol. The molecule has 0 aliphatic carbocycles. The number of carbonyl (C=O) groups is 1. The standard InChI is InChI=1S/C5H12NO6P.Na.H/c1-4(7)6(9)2-5(8)3-13(10,11)12;;/h5,8-9H,2-3H2,1H3,(H2,10,11,12);;. The molecule has 14 heavy (non-hydrogen) atoms. The molecule has 0 saturated heterocycles. The van der Waals surface area contributed by atoms with Crippen LogP contribution in [0.1, 0.15) is 6.92 Å². The van der Waals surface area contributed by atoms with Crippen molar-refractivity contribution in [1.82, 2.24) is 5.06 Å². The van der Waals surface area contributed by atoms with Crippen molar-refractivity contribution >= 4 is 43.1 Å². The van der Waals surface area contributed by atoms with Gasteiger partial charge < -0.3 is 14.9 Å². The first-order chi connectivity index (χ1) is 5.72. The summed E-state index contributed by atoms with van der Waals surface area (Å²) in [6, 6.07) is 0. The molecular formula is C5H13NNaO6P. The SMILES string of the molecule is CC(=O)N(O)CC(O)CP(=O)(O)O.[NaH]. The zero-order chi connectivity index (χ0) is 10.6. The Morgan fingerprint density at radius 1 is 1.50 bits per heavy atom. The first-order valence-corrected chi connectivity index (χ1v) is 5.22. The van der Waals surface area contributed by atoms with E-state index in [9.17, 15) is 9.36 Å². The van der Waals surface area contributed by atoms with Crippen LogP contribution in [0, 0.1) is 0 Å². The Hall–Kier alpha value is 0.540. The molecule has 0 fully saturated rings. The van der Waals surface area contributed by atoms with Crippen LogP contribution in [0.3, 0.4) is 0 Å². The molecule has 0 radical (unpaired) electrons. The third kappa shape index (κ3) is 9.11. The van der Waals surface area contributed by atoms with Gasteiger partial charge in [-0.1, -0.05) is 0 Å². The minimum atomic E-state index is -4.31. The quantitative estimate of drug-likeness (QED) is 0.196. The van der Waals surface area contributed by atoms with Crippen molar-refractivity contribution in [2.75, 3.05) is 12.7 Å². The van der Waals surface area contributed by atoms with Gasteiger partial charge in [-0.05, 0) is 0 Å². The summed E-state index contributed by atoms with van der Waals surface area (Å²) in [6.07, 6.45) is -2.22. The van der Waals surface area contributed by atoms with Crippen molar-refractivity contribution in [1.29, 1.82) is 0 Å². The van der Waals surface area contributed by atoms with Gasteiger partial charge in [0.05, 0.1) is 18.8 Å². The van der Waals surface area contributed by atoms with E-state index >= 15 is 0 Å². The van der Waals surface area contributed by atoms with Crippen molar-refractivity contribution in [2.24, 2.45) is 0 Å². The first kappa shape index (κ1) is 17.0. The molecule has 0 bridgehead atoms. The van der Waals surface area contributed by atoms with E-state index in [-0.39, 0.29) is 34.6 Å². The molecule has 1 atom stereocenters. The molecule has 0 aromatic carbocycles. The molecule has 7 nitrogen and oxygen atoms in total. The fourth-order valence-electron chi connectivity index (χ4n) is 0.660. The Balaban J connectivity index is 0. The van der Waals surface area contributed by atoms with Gasteiger partial charge in [0.25, 0.3) is 0 Å². The first-order valence-electron chi connectivity index (χ1n) is 3.42. The second-order valence-corrected chi connectivity index (χ2v) is 4.30. The average molecular weight is 237 g/mol. The molecule has 0 spiro atoms. The third-order valence-electron chi connectivity index (χ3n) is 1.20. The van der Waals surface area contributed by atoms with Crippen molar-refractivity contribution in [2.45, 2.75) is 13.0 Å². The molecule has 1 amide bonds. The van der Waals surface area contributed by atoms with Crippen LogP contribution in [0.5, 0.6) is 0 Å². The molecule has 0 heterocycles. The maximum absolute atomic E-state index is 10.4. The van der Waals surface area contributed by atoms with Crippen LogP contribution in [0.25, 0.3) is 0 Å². The van der Waals surface area contributed by atoms with Gasteiger partial charge in [0.2, 0.25) is 5.91 Å². The van der Waals surface area contributed by atoms with Crippen LogP contribution in [-0.4, -0.2) is 79.4 Å². The Morgan fingerprint density at radius 2 is 1.93 bits per heavy atom.